The van der Waals surface area contributed by atoms with Gasteiger partial charge in [0.05, 0.1) is 24.8 Å². The number of anilines is 1. The Morgan fingerprint density at radius 3 is 2.77 bits per heavy atom. The molecule has 1 amide bonds. The zero-order valence-electron chi connectivity index (χ0n) is 16.3. The first-order chi connectivity index (χ1) is 15.1. The number of methoxy groups -OCH3 is 1. The van der Waals surface area contributed by atoms with Gasteiger partial charge < -0.3 is 9.26 Å². The van der Waals surface area contributed by atoms with Crippen LogP contribution in [-0.2, 0) is 11.2 Å². The van der Waals surface area contributed by atoms with Gasteiger partial charge in [-0.15, -0.1) is 0 Å². The zero-order valence-corrected chi connectivity index (χ0v) is 18.5. The number of hydrogen-bond acceptors (Lipinski definition) is 6. The Balaban J connectivity index is 1.72. The standard InChI is InChI=1S/C22H16FIN4O3/c1-30-14-6-7-15(16(23)11-14)21-20(18-8-9-25-12-26-18)22(31-28-21)27-19(29)10-13-4-2-3-5-17(13)24/h2-9,11-12H,10H2,1H3,(H,27,29). The summed E-state index contributed by atoms with van der Waals surface area (Å²) in [6, 6.07) is 13.6. The maximum atomic E-state index is 14.7. The molecule has 1 N–H and O–H groups in total. The Labute approximate surface area is 190 Å². The predicted molar refractivity (Wildman–Crippen MR) is 121 cm³/mol. The van der Waals surface area contributed by atoms with Crippen molar-refractivity contribution in [2.45, 2.75) is 6.42 Å². The van der Waals surface area contributed by atoms with Crippen LogP contribution in [0, 0.1) is 9.39 Å². The average Bonchev–Trinajstić information content (AvgIpc) is 3.18. The van der Waals surface area contributed by atoms with Crippen molar-refractivity contribution in [1.82, 2.24) is 15.1 Å². The van der Waals surface area contributed by atoms with Crippen LogP contribution in [0.5, 0.6) is 5.75 Å². The van der Waals surface area contributed by atoms with Crippen LogP contribution in [0.2, 0.25) is 0 Å². The number of halogens is 2. The number of carbonyl (C=O) groups is 1. The van der Waals surface area contributed by atoms with Gasteiger partial charge in [0, 0.05) is 21.4 Å². The molecule has 0 spiro atoms. The van der Waals surface area contributed by atoms with E-state index in [1.165, 1.54) is 25.6 Å². The summed E-state index contributed by atoms with van der Waals surface area (Å²) in [6.45, 7) is 0. The van der Waals surface area contributed by atoms with Gasteiger partial charge in [-0.3, -0.25) is 10.1 Å². The van der Waals surface area contributed by atoms with E-state index >= 15 is 0 Å². The number of rotatable bonds is 6. The molecule has 0 bridgehead atoms. The molecule has 0 unspecified atom stereocenters. The van der Waals surface area contributed by atoms with E-state index in [0.29, 0.717) is 17.0 Å². The van der Waals surface area contributed by atoms with Crippen molar-refractivity contribution in [3.8, 4) is 28.3 Å². The maximum Gasteiger partial charge on any atom is 0.241 e. The molecular formula is C22H16FIN4O3. The second kappa shape index (κ2) is 9.21. The Bertz CT molecular complexity index is 1230. The number of aromatic nitrogens is 3. The highest BCUT2D eigenvalue weighted by atomic mass is 127. The van der Waals surface area contributed by atoms with E-state index in [4.69, 9.17) is 9.26 Å². The second-order valence-electron chi connectivity index (χ2n) is 6.49. The van der Waals surface area contributed by atoms with Gasteiger partial charge in [-0.25, -0.2) is 14.4 Å². The summed E-state index contributed by atoms with van der Waals surface area (Å²) in [4.78, 5) is 20.8. The largest absolute Gasteiger partial charge is 0.497 e. The lowest BCUT2D eigenvalue weighted by atomic mass is 10.0. The first-order valence-corrected chi connectivity index (χ1v) is 10.3. The molecule has 0 saturated carbocycles. The number of carbonyl (C=O) groups excluding carboxylic acids is 1. The van der Waals surface area contributed by atoms with Gasteiger partial charge in [0.25, 0.3) is 0 Å². The lowest BCUT2D eigenvalue weighted by molar-refractivity contribution is -0.115. The summed E-state index contributed by atoms with van der Waals surface area (Å²) in [5, 5.41) is 6.76. The fraction of sp³-hybridized carbons (Fsp3) is 0.0909. The first kappa shape index (κ1) is 20.9. The SMILES string of the molecule is COc1ccc(-c2noc(NC(=O)Cc3ccccc3I)c2-c2ccncn2)c(F)c1. The van der Waals surface area contributed by atoms with Gasteiger partial charge in [0.2, 0.25) is 11.8 Å². The molecule has 0 aliphatic heterocycles. The highest BCUT2D eigenvalue weighted by Gasteiger charge is 2.24. The van der Waals surface area contributed by atoms with Crippen molar-refractivity contribution in [2.75, 3.05) is 12.4 Å². The van der Waals surface area contributed by atoms with Crippen LogP contribution in [0.25, 0.3) is 22.5 Å². The normalized spacial score (nSPS) is 10.7. The van der Waals surface area contributed by atoms with Crippen LogP contribution < -0.4 is 10.1 Å². The fourth-order valence-electron chi connectivity index (χ4n) is 3.04. The van der Waals surface area contributed by atoms with Gasteiger partial charge in [-0.05, 0) is 52.4 Å². The molecule has 2 aromatic carbocycles. The Morgan fingerprint density at radius 1 is 1.23 bits per heavy atom. The van der Waals surface area contributed by atoms with E-state index in [2.05, 4.69) is 43.0 Å². The Hall–Kier alpha value is -3.34. The number of benzene rings is 2. The quantitative estimate of drug-likeness (QED) is 0.363. The van der Waals surface area contributed by atoms with Crippen molar-refractivity contribution < 1.29 is 18.4 Å². The molecule has 0 fully saturated rings. The smallest absolute Gasteiger partial charge is 0.241 e. The molecular weight excluding hydrogens is 514 g/mol. The zero-order chi connectivity index (χ0) is 21.8. The van der Waals surface area contributed by atoms with Crippen LogP contribution in [0.1, 0.15) is 5.56 Å². The second-order valence-corrected chi connectivity index (χ2v) is 7.65. The molecule has 9 heteroatoms. The van der Waals surface area contributed by atoms with Crippen LogP contribution in [0.3, 0.4) is 0 Å². The van der Waals surface area contributed by atoms with Gasteiger partial charge in [-0.2, -0.15) is 0 Å². The summed E-state index contributed by atoms with van der Waals surface area (Å²) >= 11 is 2.18. The van der Waals surface area contributed by atoms with E-state index < -0.39 is 5.82 Å². The summed E-state index contributed by atoms with van der Waals surface area (Å²) in [7, 11) is 1.46. The molecule has 4 aromatic rings. The van der Waals surface area contributed by atoms with Crippen LogP contribution in [-0.4, -0.2) is 28.1 Å². The first-order valence-electron chi connectivity index (χ1n) is 9.20. The van der Waals surface area contributed by atoms with Crippen LogP contribution >= 0.6 is 22.6 Å². The van der Waals surface area contributed by atoms with E-state index in [1.54, 1.807) is 18.3 Å². The fourth-order valence-corrected chi connectivity index (χ4v) is 3.61. The molecule has 0 saturated heterocycles. The van der Waals surface area contributed by atoms with Crippen molar-refractivity contribution in [2.24, 2.45) is 0 Å². The predicted octanol–water partition coefficient (Wildman–Crippen LogP) is 4.73. The molecule has 7 nitrogen and oxygen atoms in total. The van der Waals surface area contributed by atoms with Gasteiger partial charge in [0.15, 0.2) is 0 Å². The number of nitrogens with one attached hydrogen (secondary N) is 1. The third-order valence-electron chi connectivity index (χ3n) is 4.52. The number of amides is 1. The lowest BCUT2D eigenvalue weighted by Gasteiger charge is -2.08. The molecule has 2 aromatic heterocycles. The highest BCUT2D eigenvalue weighted by molar-refractivity contribution is 14.1. The lowest BCUT2D eigenvalue weighted by Crippen LogP contribution is -2.15. The summed E-state index contributed by atoms with van der Waals surface area (Å²) in [5.41, 5.74) is 2.08. The minimum atomic E-state index is -0.542. The topological polar surface area (TPSA) is 90.1 Å². The van der Waals surface area contributed by atoms with Gasteiger partial charge in [-0.1, -0.05) is 23.4 Å². The van der Waals surface area contributed by atoms with E-state index in [1.807, 2.05) is 24.3 Å². The Kier molecular flexibility index (Phi) is 6.21. The minimum Gasteiger partial charge on any atom is -0.497 e. The van der Waals surface area contributed by atoms with Gasteiger partial charge in [0.1, 0.15) is 23.6 Å². The van der Waals surface area contributed by atoms with Gasteiger partial charge >= 0.3 is 0 Å². The molecule has 2 heterocycles. The molecule has 0 aliphatic rings. The molecule has 0 radical (unpaired) electrons. The highest BCUT2D eigenvalue weighted by Crippen LogP contribution is 2.38. The number of nitrogens with zero attached hydrogens (tertiary/aromatic N) is 3. The van der Waals surface area contributed by atoms with E-state index in [0.717, 1.165) is 9.13 Å². The third kappa shape index (κ3) is 4.55. The summed E-state index contributed by atoms with van der Waals surface area (Å²) in [5.74, 6) is -0.379. The summed E-state index contributed by atoms with van der Waals surface area (Å²) < 4.78 is 26.2. The number of hydrogen-bond donors (Lipinski definition) is 1. The maximum absolute atomic E-state index is 14.7. The average molecular weight is 530 g/mol. The molecule has 0 atom stereocenters. The minimum absolute atomic E-state index is 0.0832. The van der Waals surface area contributed by atoms with Crippen LogP contribution in [0.15, 0.2) is 65.6 Å². The third-order valence-corrected chi connectivity index (χ3v) is 5.58. The summed E-state index contributed by atoms with van der Waals surface area (Å²) in [6.07, 6.45) is 3.05. The van der Waals surface area contributed by atoms with Crippen molar-refractivity contribution in [3.05, 3.63) is 76.0 Å². The van der Waals surface area contributed by atoms with Crippen molar-refractivity contribution in [1.29, 1.82) is 0 Å². The van der Waals surface area contributed by atoms with Crippen LogP contribution in [0.4, 0.5) is 10.3 Å². The van der Waals surface area contributed by atoms with Crippen molar-refractivity contribution >= 4 is 34.4 Å². The molecule has 156 valence electrons. The monoisotopic (exact) mass is 530 g/mol. The Morgan fingerprint density at radius 2 is 2.06 bits per heavy atom. The molecule has 4 rings (SSSR count). The number of ether oxygens (including phenoxy) is 1. The van der Waals surface area contributed by atoms with Crippen molar-refractivity contribution in [3.63, 3.8) is 0 Å². The molecule has 31 heavy (non-hydrogen) atoms. The molecule has 0 aliphatic carbocycles. The van der Waals surface area contributed by atoms with E-state index in [-0.39, 0.29) is 29.5 Å². The van der Waals surface area contributed by atoms with E-state index in [9.17, 15) is 9.18 Å².